The van der Waals surface area contributed by atoms with Crippen molar-refractivity contribution in [3.63, 3.8) is 0 Å². The molecule has 1 aliphatic heterocycles. The predicted octanol–water partition coefficient (Wildman–Crippen LogP) is 4.15. The van der Waals surface area contributed by atoms with Crippen molar-refractivity contribution >= 4 is 52.5 Å². The van der Waals surface area contributed by atoms with E-state index in [0.717, 1.165) is 31.7 Å². The SMILES string of the molecule is CC(C)(C#Cc1ccc(NC(=O)CSc2nnnn2-c2cc(C(C)(C)C)ccc2Cl)c(Cl)c1)NC(=O)CN1CCNCC1. The van der Waals surface area contributed by atoms with Crippen LogP contribution in [0.25, 0.3) is 5.69 Å². The number of aromatic nitrogens is 4. The minimum absolute atomic E-state index is 0.0522. The number of nitrogens with one attached hydrogen (secondary N) is 3. The van der Waals surface area contributed by atoms with Gasteiger partial charge in [-0.1, -0.05) is 73.6 Å². The lowest BCUT2D eigenvalue weighted by atomic mass is 9.87. The van der Waals surface area contributed by atoms with Gasteiger partial charge in [0.1, 0.15) is 0 Å². The number of thioether (sulfide) groups is 1. The van der Waals surface area contributed by atoms with Crippen LogP contribution in [0.15, 0.2) is 41.6 Å². The maximum Gasteiger partial charge on any atom is 0.235 e. The van der Waals surface area contributed by atoms with Crippen molar-refractivity contribution in [1.29, 1.82) is 0 Å². The number of hydrogen-bond acceptors (Lipinski definition) is 8. The Morgan fingerprint density at radius 2 is 1.77 bits per heavy atom. The van der Waals surface area contributed by atoms with E-state index in [1.165, 1.54) is 16.4 Å². The van der Waals surface area contributed by atoms with Crippen LogP contribution >= 0.6 is 35.0 Å². The number of benzene rings is 2. The topological polar surface area (TPSA) is 117 Å². The van der Waals surface area contributed by atoms with Gasteiger partial charge in [0.15, 0.2) is 0 Å². The smallest absolute Gasteiger partial charge is 0.235 e. The second kappa shape index (κ2) is 14.1. The van der Waals surface area contributed by atoms with E-state index in [1.54, 1.807) is 18.2 Å². The van der Waals surface area contributed by atoms with Crippen molar-refractivity contribution in [3.8, 4) is 17.5 Å². The lowest BCUT2D eigenvalue weighted by Gasteiger charge is -2.28. The lowest BCUT2D eigenvalue weighted by molar-refractivity contribution is -0.123. The van der Waals surface area contributed by atoms with Crippen LogP contribution in [0.1, 0.15) is 45.7 Å². The van der Waals surface area contributed by atoms with Crippen LogP contribution < -0.4 is 16.0 Å². The summed E-state index contributed by atoms with van der Waals surface area (Å²) < 4.78 is 1.53. The van der Waals surface area contributed by atoms with E-state index in [-0.39, 0.29) is 23.0 Å². The lowest BCUT2D eigenvalue weighted by Crippen LogP contribution is -2.51. The average molecular weight is 644 g/mol. The molecule has 3 aromatic rings. The first-order valence-corrected chi connectivity index (χ1v) is 15.6. The molecule has 1 aliphatic rings. The molecular formula is C30H36Cl2N8O2S. The standard InChI is InChI=1S/C30H36Cl2N8O2S/c1-29(2,3)21-7-8-22(31)25(17-21)40-28(36-37-38-40)43-19-27(42)34-24-9-6-20(16-23(24)32)10-11-30(4,5)35-26(41)18-39-14-12-33-13-15-39/h6-9,16-17,33H,12-15,18-19H2,1-5H3,(H,34,42)(H,35,41). The highest BCUT2D eigenvalue weighted by atomic mass is 35.5. The van der Waals surface area contributed by atoms with Gasteiger partial charge in [0, 0.05) is 31.7 Å². The Labute approximate surface area is 266 Å². The van der Waals surface area contributed by atoms with Gasteiger partial charge in [0.2, 0.25) is 17.0 Å². The summed E-state index contributed by atoms with van der Waals surface area (Å²) in [5, 5.41) is 22.3. The van der Waals surface area contributed by atoms with Crippen molar-refractivity contribution < 1.29 is 9.59 Å². The van der Waals surface area contributed by atoms with Crippen molar-refractivity contribution in [2.24, 2.45) is 0 Å². The molecule has 0 bridgehead atoms. The van der Waals surface area contributed by atoms with Crippen LogP contribution in [-0.2, 0) is 15.0 Å². The quantitative estimate of drug-likeness (QED) is 0.248. The van der Waals surface area contributed by atoms with Crippen molar-refractivity contribution in [3.05, 3.63) is 57.6 Å². The molecule has 10 nitrogen and oxygen atoms in total. The molecule has 0 aliphatic carbocycles. The first-order chi connectivity index (χ1) is 20.3. The number of halogens is 2. The number of carbonyl (C=O) groups excluding carboxylic acids is 2. The molecule has 1 saturated heterocycles. The molecule has 1 aromatic heterocycles. The number of carbonyl (C=O) groups is 2. The normalized spacial score (nSPS) is 14.1. The van der Waals surface area contributed by atoms with Gasteiger partial charge in [0.05, 0.1) is 39.3 Å². The van der Waals surface area contributed by atoms with Crippen LogP contribution in [0.4, 0.5) is 5.69 Å². The fraction of sp³-hybridized carbons (Fsp3) is 0.433. The molecule has 4 rings (SSSR count). The molecule has 0 unspecified atom stereocenters. The van der Waals surface area contributed by atoms with Crippen molar-refractivity contribution in [2.75, 3.05) is 43.8 Å². The van der Waals surface area contributed by atoms with Crippen molar-refractivity contribution in [1.82, 2.24) is 35.7 Å². The minimum atomic E-state index is -0.727. The second-order valence-corrected chi connectivity index (χ2v) is 13.5. The highest BCUT2D eigenvalue weighted by Gasteiger charge is 2.21. The summed E-state index contributed by atoms with van der Waals surface area (Å²) in [4.78, 5) is 27.4. The zero-order valence-electron chi connectivity index (χ0n) is 24.9. The molecule has 228 valence electrons. The fourth-order valence-electron chi connectivity index (χ4n) is 4.29. The zero-order chi connectivity index (χ0) is 31.2. The molecule has 43 heavy (non-hydrogen) atoms. The number of piperazine rings is 1. The first-order valence-electron chi connectivity index (χ1n) is 13.9. The Kier molecular flexibility index (Phi) is 10.7. The summed E-state index contributed by atoms with van der Waals surface area (Å²) in [5.41, 5.74) is 2.03. The number of hydrogen-bond donors (Lipinski definition) is 3. The molecular weight excluding hydrogens is 607 g/mol. The van der Waals surface area contributed by atoms with E-state index in [2.05, 4.69) is 69.0 Å². The van der Waals surface area contributed by atoms with Crippen LogP contribution in [0.2, 0.25) is 10.0 Å². The second-order valence-electron chi connectivity index (χ2n) is 11.8. The van der Waals surface area contributed by atoms with Gasteiger partial charge >= 0.3 is 0 Å². The number of rotatable bonds is 8. The summed E-state index contributed by atoms with van der Waals surface area (Å²) in [7, 11) is 0. The van der Waals surface area contributed by atoms with Gasteiger partial charge in [-0.3, -0.25) is 14.5 Å². The molecule has 0 saturated carbocycles. The monoisotopic (exact) mass is 642 g/mol. The molecule has 0 spiro atoms. The summed E-state index contributed by atoms with van der Waals surface area (Å²) >= 11 is 14.1. The van der Waals surface area contributed by atoms with Gasteiger partial charge < -0.3 is 16.0 Å². The van der Waals surface area contributed by atoms with Crippen molar-refractivity contribution in [2.45, 2.75) is 50.7 Å². The Balaban J connectivity index is 1.34. The molecule has 0 radical (unpaired) electrons. The van der Waals surface area contributed by atoms with Crippen LogP contribution in [0.3, 0.4) is 0 Å². The predicted molar refractivity (Wildman–Crippen MR) is 172 cm³/mol. The Morgan fingerprint density at radius 1 is 1.02 bits per heavy atom. The van der Waals surface area contributed by atoms with E-state index >= 15 is 0 Å². The van der Waals surface area contributed by atoms with E-state index in [9.17, 15) is 9.59 Å². The number of anilines is 1. The van der Waals surface area contributed by atoms with Gasteiger partial charge in [-0.05, 0) is 65.6 Å². The summed E-state index contributed by atoms with van der Waals surface area (Å²) in [6.45, 7) is 13.9. The maximum absolute atomic E-state index is 12.8. The van der Waals surface area contributed by atoms with E-state index in [1.807, 2.05) is 32.0 Å². The fourth-order valence-corrected chi connectivity index (χ4v) is 5.40. The molecule has 3 N–H and O–H groups in total. The maximum atomic E-state index is 12.8. The molecule has 2 aromatic carbocycles. The Hall–Kier alpha value is -3.14. The third-order valence-corrected chi connectivity index (χ3v) is 8.16. The molecule has 1 fully saturated rings. The zero-order valence-corrected chi connectivity index (χ0v) is 27.3. The van der Waals surface area contributed by atoms with Gasteiger partial charge in [-0.25, -0.2) is 0 Å². The van der Waals surface area contributed by atoms with E-state index in [4.69, 9.17) is 23.2 Å². The van der Waals surface area contributed by atoms with Crippen LogP contribution in [-0.4, -0.2) is 80.9 Å². The van der Waals surface area contributed by atoms with Crippen LogP contribution in [0.5, 0.6) is 0 Å². The summed E-state index contributed by atoms with van der Waals surface area (Å²) in [6.07, 6.45) is 0. The van der Waals surface area contributed by atoms with Gasteiger partial charge in [0.25, 0.3) is 0 Å². The first kappa shape index (κ1) is 32.8. The highest BCUT2D eigenvalue weighted by Crippen LogP contribution is 2.30. The third kappa shape index (κ3) is 9.42. The Morgan fingerprint density at radius 3 is 2.47 bits per heavy atom. The molecule has 2 amide bonds. The molecule has 2 heterocycles. The van der Waals surface area contributed by atoms with E-state index in [0.29, 0.717) is 38.7 Å². The average Bonchev–Trinajstić information content (AvgIpc) is 3.40. The minimum Gasteiger partial charge on any atom is -0.339 e. The number of tetrazole rings is 1. The highest BCUT2D eigenvalue weighted by molar-refractivity contribution is 7.99. The third-order valence-electron chi connectivity index (χ3n) is 6.60. The van der Waals surface area contributed by atoms with Crippen LogP contribution in [0, 0.1) is 11.8 Å². The van der Waals surface area contributed by atoms with Gasteiger partial charge in [-0.15, -0.1) is 5.10 Å². The summed E-state index contributed by atoms with van der Waals surface area (Å²) in [5.74, 6) is 5.89. The van der Waals surface area contributed by atoms with Gasteiger partial charge in [-0.2, -0.15) is 4.68 Å². The largest absolute Gasteiger partial charge is 0.339 e. The van der Waals surface area contributed by atoms with E-state index < -0.39 is 5.54 Å². The number of amides is 2. The Bertz CT molecular complexity index is 1530. The molecule has 0 atom stereocenters. The summed E-state index contributed by atoms with van der Waals surface area (Å²) in [6, 6.07) is 10.9. The number of nitrogens with zero attached hydrogens (tertiary/aromatic N) is 5. The molecule has 13 heteroatoms.